The Morgan fingerprint density at radius 2 is 2.00 bits per heavy atom. The third-order valence-corrected chi connectivity index (χ3v) is 4.73. The van der Waals surface area contributed by atoms with Gasteiger partial charge in [0.2, 0.25) is 0 Å². The molecule has 27 heavy (non-hydrogen) atoms. The number of nitrogens with zero attached hydrogens (tertiary/aromatic N) is 5. The minimum atomic E-state index is -0.0152. The van der Waals surface area contributed by atoms with Gasteiger partial charge in [0.25, 0.3) is 5.91 Å². The van der Waals surface area contributed by atoms with Crippen molar-refractivity contribution in [2.45, 2.75) is 26.1 Å². The highest BCUT2D eigenvalue weighted by Crippen LogP contribution is 2.20. The number of aromatic nitrogens is 4. The molecule has 1 amide bonds. The van der Waals surface area contributed by atoms with Crippen molar-refractivity contribution in [2.75, 3.05) is 13.1 Å². The fourth-order valence-electron chi connectivity index (χ4n) is 3.24. The van der Waals surface area contributed by atoms with Crippen LogP contribution in [-0.2, 0) is 11.3 Å². The Kier molecular flexibility index (Phi) is 4.93. The van der Waals surface area contributed by atoms with Gasteiger partial charge in [0, 0.05) is 25.5 Å². The number of pyridine rings is 2. The normalized spacial score (nSPS) is 16.6. The van der Waals surface area contributed by atoms with Crippen LogP contribution < -0.4 is 0 Å². The molecule has 0 saturated carbocycles. The molecule has 138 valence electrons. The largest absolute Gasteiger partial charge is 0.370 e. The summed E-state index contributed by atoms with van der Waals surface area (Å²) in [5.41, 5.74) is 2.29. The zero-order valence-electron chi connectivity index (χ0n) is 15.2. The first-order chi connectivity index (χ1) is 13.2. The molecular weight excluding hydrogens is 342 g/mol. The van der Waals surface area contributed by atoms with E-state index in [9.17, 15) is 4.79 Å². The molecule has 0 radical (unpaired) electrons. The Hall–Kier alpha value is -3.06. The van der Waals surface area contributed by atoms with Gasteiger partial charge in [-0.05, 0) is 37.6 Å². The van der Waals surface area contributed by atoms with Crippen molar-refractivity contribution in [1.82, 2.24) is 24.6 Å². The minimum Gasteiger partial charge on any atom is -0.370 e. The van der Waals surface area contributed by atoms with Crippen LogP contribution in [-0.4, -0.2) is 49.7 Å². The SMILES string of the molecule is Cc1c(C(=O)N2CC[C@@H](OCc3ccccn3)C2)cnn1-c1ccccn1. The molecule has 0 bridgehead atoms. The van der Waals surface area contributed by atoms with E-state index in [1.807, 2.05) is 48.2 Å². The van der Waals surface area contributed by atoms with Gasteiger partial charge in [0.05, 0.1) is 35.9 Å². The van der Waals surface area contributed by atoms with E-state index in [1.165, 1.54) is 0 Å². The van der Waals surface area contributed by atoms with Gasteiger partial charge in [-0.15, -0.1) is 0 Å². The first kappa shape index (κ1) is 17.4. The topological polar surface area (TPSA) is 73.1 Å². The number of ether oxygens (including phenoxy) is 1. The highest BCUT2D eigenvalue weighted by atomic mass is 16.5. The number of likely N-dealkylation sites (tertiary alicyclic amines) is 1. The molecule has 0 unspecified atom stereocenters. The molecule has 1 atom stereocenters. The molecule has 7 heteroatoms. The molecule has 0 spiro atoms. The number of carbonyl (C=O) groups is 1. The van der Waals surface area contributed by atoms with E-state index in [0.29, 0.717) is 31.1 Å². The maximum Gasteiger partial charge on any atom is 0.257 e. The molecule has 0 aromatic carbocycles. The van der Waals surface area contributed by atoms with Gasteiger partial charge in [0.1, 0.15) is 0 Å². The van der Waals surface area contributed by atoms with Gasteiger partial charge in [-0.1, -0.05) is 12.1 Å². The van der Waals surface area contributed by atoms with Crippen LogP contribution in [0.15, 0.2) is 55.0 Å². The summed E-state index contributed by atoms with van der Waals surface area (Å²) >= 11 is 0. The lowest BCUT2D eigenvalue weighted by molar-refractivity contribution is 0.0422. The molecule has 1 fully saturated rings. The minimum absolute atomic E-state index is 0.0152. The molecule has 3 aromatic rings. The van der Waals surface area contributed by atoms with Crippen molar-refractivity contribution >= 4 is 5.91 Å². The van der Waals surface area contributed by atoms with Crippen molar-refractivity contribution in [3.63, 3.8) is 0 Å². The molecule has 0 aliphatic carbocycles. The zero-order chi connectivity index (χ0) is 18.6. The lowest BCUT2D eigenvalue weighted by Crippen LogP contribution is -2.30. The second-order valence-electron chi connectivity index (χ2n) is 6.54. The third kappa shape index (κ3) is 3.73. The van der Waals surface area contributed by atoms with Crippen LogP contribution >= 0.6 is 0 Å². The molecule has 1 aliphatic heterocycles. The van der Waals surface area contributed by atoms with Gasteiger partial charge in [-0.2, -0.15) is 5.10 Å². The Morgan fingerprint density at radius 1 is 1.19 bits per heavy atom. The summed E-state index contributed by atoms with van der Waals surface area (Å²) in [4.78, 5) is 23.3. The van der Waals surface area contributed by atoms with E-state index < -0.39 is 0 Å². The first-order valence-corrected chi connectivity index (χ1v) is 8.99. The van der Waals surface area contributed by atoms with E-state index in [0.717, 1.165) is 17.8 Å². The summed E-state index contributed by atoms with van der Waals surface area (Å²) in [6, 6.07) is 11.4. The number of hydrogen-bond acceptors (Lipinski definition) is 5. The van der Waals surface area contributed by atoms with Gasteiger partial charge in [-0.3, -0.25) is 9.78 Å². The van der Waals surface area contributed by atoms with E-state index in [4.69, 9.17) is 4.74 Å². The number of hydrogen-bond donors (Lipinski definition) is 0. The molecule has 3 aromatic heterocycles. The second kappa shape index (κ2) is 7.67. The van der Waals surface area contributed by atoms with Crippen LogP contribution in [0.1, 0.15) is 28.2 Å². The average molecular weight is 363 g/mol. The van der Waals surface area contributed by atoms with Crippen molar-refractivity contribution in [2.24, 2.45) is 0 Å². The van der Waals surface area contributed by atoms with Crippen molar-refractivity contribution in [1.29, 1.82) is 0 Å². The number of amides is 1. The van der Waals surface area contributed by atoms with Crippen molar-refractivity contribution < 1.29 is 9.53 Å². The molecule has 4 heterocycles. The molecule has 1 aliphatic rings. The highest BCUT2D eigenvalue weighted by Gasteiger charge is 2.29. The molecule has 7 nitrogen and oxygen atoms in total. The first-order valence-electron chi connectivity index (χ1n) is 8.99. The van der Waals surface area contributed by atoms with Gasteiger partial charge >= 0.3 is 0 Å². The summed E-state index contributed by atoms with van der Waals surface area (Å²) < 4.78 is 7.62. The van der Waals surface area contributed by atoms with E-state index in [1.54, 1.807) is 23.3 Å². The summed E-state index contributed by atoms with van der Waals surface area (Å²) in [5, 5.41) is 4.34. The lowest BCUT2D eigenvalue weighted by Gasteiger charge is -2.16. The smallest absolute Gasteiger partial charge is 0.257 e. The number of carbonyl (C=O) groups excluding carboxylic acids is 1. The Bertz CT molecular complexity index is 911. The molecule has 1 saturated heterocycles. The van der Waals surface area contributed by atoms with Crippen LogP contribution in [0.2, 0.25) is 0 Å². The molecule has 0 N–H and O–H groups in total. The second-order valence-corrected chi connectivity index (χ2v) is 6.54. The standard InChI is InChI=1S/C20H21N5O2/c1-15-18(12-23-25(15)19-7-3-5-10-22-19)20(26)24-11-8-17(13-24)27-14-16-6-2-4-9-21-16/h2-7,9-10,12,17H,8,11,13-14H2,1H3/t17-/m1/s1. The lowest BCUT2D eigenvalue weighted by atomic mass is 10.2. The summed E-state index contributed by atoms with van der Waals surface area (Å²) in [5.74, 6) is 0.686. The van der Waals surface area contributed by atoms with Crippen molar-refractivity contribution in [3.8, 4) is 5.82 Å². The van der Waals surface area contributed by atoms with Gasteiger partial charge < -0.3 is 9.64 Å². The fraction of sp³-hybridized carbons (Fsp3) is 0.300. The highest BCUT2D eigenvalue weighted by molar-refractivity contribution is 5.95. The number of rotatable bonds is 5. The molecular formula is C20H21N5O2. The van der Waals surface area contributed by atoms with Crippen molar-refractivity contribution in [3.05, 3.63) is 71.9 Å². The summed E-state index contributed by atoms with van der Waals surface area (Å²) in [7, 11) is 0. The van der Waals surface area contributed by atoms with Gasteiger partial charge in [-0.25, -0.2) is 9.67 Å². The predicted molar refractivity (Wildman–Crippen MR) is 99.4 cm³/mol. The summed E-state index contributed by atoms with van der Waals surface area (Å²) in [6.07, 6.45) is 5.94. The van der Waals surface area contributed by atoms with Crippen LogP contribution in [0.25, 0.3) is 5.82 Å². The molecule has 4 rings (SSSR count). The average Bonchev–Trinajstić information content (AvgIpc) is 3.34. The predicted octanol–water partition coefficient (Wildman–Crippen LogP) is 2.40. The Balaban J connectivity index is 1.40. The summed E-state index contributed by atoms with van der Waals surface area (Å²) in [6.45, 7) is 3.62. The zero-order valence-corrected chi connectivity index (χ0v) is 15.2. The fourth-order valence-corrected chi connectivity index (χ4v) is 3.24. The maximum atomic E-state index is 12.9. The quantitative estimate of drug-likeness (QED) is 0.696. The van der Waals surface area contributed by atoms with Crippen LogP contribution in [0, 0.1) is 6.92 Å². The third-order valence-electron chi connectivity index (χ3n) is 4.73. The van der Waals surface area contributed by atoms with Gasteiger partial charge in [0.15, 0.2) is 5.82 Å². The maximum absolute atomic E-state index is 12.9. The van der Waals surface area contributed by atoms with Crippen LogP contribution in [0.5, 0.6) is 0 Å². The monoisotopic (exact) mass is 363 g/mol. The Morgan fingerprint density at radius 3 is 2.74 bits per heavy atom. The van der Waals surface area contributed by atoms with E-state index in [2.05, 4.69) is 15.1 Å². The van der Waals surface area contributed by atoms with Crippen LogP contribution in [0.3, 0.4) is 0 Å². The Labute approximate surface area is 157 Å². The van der Waals surface area contributed by atoms with E-state index in [-0.39, 0.29) is 12.0 Å². The van der Waals surface area contributed by atoms with E-state index >= 15 is 0 Å². The van der Waals surface area contributed by atoms with Crippen LogP contribution in [0.4, 0.5) is 0 Å².